The largest absolute Gasteiger partial charge is 0.481 e. The van der Waals surface area contributed by atoms with Crippen molar-refractivity contribution in [1.82, 2.24) is 4.98 Å². The van der Waals surface area contributed by atoms with E-state index in [2.05, 4.69) is 4.98 Å². The molecule has 4 rings (SSSR count). The molecule has 1 aromatic heterocycles. The number of carbonyl (C=O) groups is 2. The monoisotopic (exact) mass is 423 g/mol. The zero-order valence-electron chi connectivity index (χ0n) is 15.1. The Balaban J connectivity index is 1.80. The van der Waals surface area contributed by atoms with Crippen LogP contribution in [0, 0.1) is 0 Å². The van der Waals surface area contributed by atoms with Crippen LogP contribution in [-0.2, 0) is 11.2 Å². The predicted molar refractivity (Wildman–Crippen MR) is 115 cm³/mol. The van der Waals surface area contributed by atoms with Crippen LogP contribution in [0.15, 0.2) is 66.7 Å². The van der Waals surface area contributed by atoms with Crippen LogP contribution in [0.2, 0.25) is 10.0 Å². The summed E-state index contributed by atoms with van der Waals surface area (Å²) in [4.78, 5) is 27.7. The van der Waals surface area contributed by atoms with Crippen molar-refractivity contribution < 1.29 is 14.7 Å². The molecule has 0 aliphatic rings. The lowest BCUT2D eigenvalue weighted by molar-refractivity contribution is -0.136. The maximum Gasteiger partial charge on any atom is 0.307 e. The Labute approximate surface area is 176 Å². The molecular formula is C23H15Cl2NO3. The van der Waals surface area contributed by atoms with E-state index in [1.165, 1.54) is 0 Å². The molecule has 4 nitrogen and oxygen atoms in total. The first kappa shape index (κ1) is 19.2. The van der Waals surface area contributed by atoms with E-state index < -0.39 is 5.97 Å². The molecule has 0 saturated heterocycles. The topological polar surface area (TPSA) is 70.2 Å². The van der Waals surface area contributed by atoms with Gasteiger partial charge in [-0.15, -0.1) is 0 Å². The molecule has 2 N–H and O–H groups in total. The van der Waals surface area contributed by atoms with Crippen LogP contribution >= 0.6 is 23.2 Å². The molecule has 0 aliphatic heterocycles. The van der Waals surface area contributed by atoms with E-state index in [9.17, 15) is 14.7 Å². The number of carboxylic acids is 1. The molecule has 0 fully saturated rings. The number of ketones is 1. The summed E-state index contributed by atoms with van der Waals surface area (Å²) in [5.41, 5.74) is 3.46. The van der Waals surface area contributed by atoms with Gasteiger partial charge in [-0.05, 0) is 29.8 Å². The second-order valence-electron chi connectivity index (χ2n) is 6.63. The highest BCUT2D eigenvalue weighted by Gasteiger charge is 2.21. The van der Waals surface area contributed by atoms with Gasteiger partial charge in [-0.2, -0.15) is 0 Å². The maximum absolute atomic E-state index is 13.3. The van der Waals surface area contributed by atoms with Gasteiger partial charge in [-0.3, -0.25) is 9.59 Å². The van der Waals surface area contributed by atoms with Crippen LogP contribution in [0.3, 0.4) is 0 Å². The number of carboxylic acid groups (broad SMARTS) is 1. The maximum atomic E-state index is 13.3. The minimum atomic E-state index is -0.995. The van der Waals surface area contributed by atoms with Gasteiger partial charge in [-0.25, -0.2) is 0 Å². The molecule has 29 heavy (non-hydrogen) atoms. The van der Waals surface area contributed by atoms with Gasteiger partial charge < -0.3 is 10.1 Å². The number of aliphatic carboxylic acids is 1. The van der Waals surface area contributed by atoms with Crippen molar-refractivity contribution in [3.8, 4) is 11.1 Å². The minimum Gasteiger partial charge on any atom is -0.481 e. The number of halogens is 2. The molecule has 0 saturated carbocycles. The highest BCUT2D eigenvalue weighted by atomic mass is 35.5. The van der Waals surface area contributed by atoms with Gasteiger partial charge in [-0.1, -0.05) is 65.7 Å². The van der Waals surface area contributed by atoms with Crippen molar-refractivity contribution >= 4 is 45.9 Å². The lowest BCUT2D eigenvalue weighted by Gasteiger charge is -2.08. The second-order valence-corrected chi connectivity index (χ2v) is 7.47. The average Bonchev–Trinajstić information content (AvgIpc) is 3.05. The van der Waals surface area contributed by atoms with Crippen molar-refractivity contribution in [2.45, 2.75) is 6.42 Å². The third kappa shape index (κ3) is 3.77. The predicted octanol–water partition coefficient (Wildman–Crippen LogP) is 6.00. The standard InChI is InChI=1S/C23H15Cl2NO3/c24-15-8-9-16(19(25)11-15)13-4-3-5-14(10-13)23(29)22-18(12-21(27)28)17-6-1-2-7-20(17)26-22/h1-11,26H,12H2,(H,27,28). The third-order valence-corrected chi connectivity index (χ3v) is 5.28. The van der Waals surface area contributed by atoms with Gasteiger partial charge in [0.2, 0.25) is 5.78 Å². The summed E-state index contributed by atoms with van der Waals surface area (Å²) in [5, 5.41) is 11.1. The van der Waals surface area contributed by atoms with Crippen LogP contribution in [0.25, 0.3) is 22.0 Å². The van der Waals surface area contributed by atoms with E-state index in [4.69, 9.17) is 23.2 Å². The highest BCUT2D eigenvalue weighted by Crippen LogP contribution is 2.32. The molecule has 3 aromatic carbocycles. The van der Waals surface area contributed by atoms with Gasteiger partial charge in [0.1, 0.15) is 0 Å². The van der Waals surface area contributed by atoms with Crippen LogP contribution in [0.5, 0.6) is 0 Å². The molecule has 0 atom stereocenters. The van der Waals surface area contributed by atoms with Crippen molar-refractivity contribution in [3.05, 3.63) is 93.6 Å². The number of hydrogen-bond acceptors (Lipinski definition) is 2. The number of benzene rings is 3. The number of aromatic amines is 1. The second kappa shape index (κ2) is 7.74. The summed E-state index contributed by atoms with van der Waals surface area (Å²) in [6.45, 7) is 0. The van der Waals surface area contributed by atoms with E-state index in [0.717, 1.165) is 22.0 Å². The Kier molecular flexibility index (Phi) is 5.14. The van der Waals surface area contributed by atoms with E-state index in [1.54, 1.807) is 36.4 Å². The number of hydrogen-bond donors (Lipinski definition) is 2. The van der Waals surface area contributed by atoms with Gasteiger partial charge in [0.15, 0.2) is 0 Å². The fraction of sp³-hybridized carbons (Fsp3) is 0.0435. The van der Waals surface area contributed by atoms with Gasteiger partial charge in [0.05, 0.1) is 12.1 Å². The number of H-pyrrole nitrogens is 1. The van der Waals surface area contributed by atoms with Crippen molar-refractivity contribution in [2.24, 2.45) is 0 Å². The first-order valence-electron chi connectivity index (χ1n) is 8.85. The Morgan fingerprint density at radius 1 is 0.931 bits per heavy atom. The number of aromatic nitrogens is 1. The van der Waals surface area contributed by atoms with Crippen molar-refractivity contribution in [2.75, 3.05) is 0 Å². The van der Waals surface area contributed by atoms with Crippen molar-refractivity contribution in [3.63, 3.8) is 0 Å². The van der Waals surface area contributed by atoms with Gasteiger partial charge in [0, 0.05) is 37.6 Å². The van der Waals surface area contributed by atoms with Crippen molar-refractivity contribution in [1.29, 1.82) is 0 Å². The Bertz CT molecular complexity index is 1260. The van der Waals surface area contributed by atoms with Crippen LogP contribution < -0.4 is 0 Å². The Morgan fingerprint density at radius 2 is 1.72 bits per heavy atom. The molecule has 0 bridgehead atoms. The number of nitrogens with one attached hydrogen (secondary N) is 1. The first-order chi connectivity index (χ1) is 13.9. The van der Waals surface area contributed by atoms with Crippen LogP contribution in [-0.4, -0.2) is 21.8 Å². The summed E-state index contributed by atoms with van der Waals surface area (Å²) >= 11 is 12.3. The summed E-state index contributed by atoms with van der Waals surface area (Å²) < 4.78 is 0. The van der Waals surface area contributed by atoms with E-state index in [-0.39, 0.29) is 17.9 Å². The summed E-state index contributed by atoms with van der Waals surface area (Å²) in [6, 6.07) is 19.5. The fourth-order valence-electron chi connectivity index (χ4n) is 3.42. The van der Waals surface area contributed by atoms with E-state index >= 15 is 0 Å². The quantitative estimate of drug-likeness (QED) is 0.386. The molecule has 0 radical (unpaired) electrons. The first-order valence-corrected chi connectivity index (χ1v) is 9.61. The molecule has 6 heteroatoms. The normalized spacial score (nSPS) is 11.0. The minimum absolute atomic E-state index is 0.242. The van der Waals surface area contributed by atoms with Crippen LogP contribution in [0.1, 0.15) is 21.6 Å². The number of fused-ring (bicyclic) bond motifs is 1. The zero-order valence-corrected chi connectivity index (χ0v) is 16.6. The molecule has 0 amide bonds. The SMILES string of the molecule is O=C(O)Cc1c(C(=O)c2cccc(-c3ccc(Cl)cc3Cl)c2)[nH]c2ccccc12. The summed E-state index contributed by atoms with van der Waals surface area (Å²) in [7, 11) is 0. The molecule has 4 aromatic rings. The zero-order chi connectivity index (χ0) is 20.5. The molecule has 144 valence electrons. The lowest BCUT2D eigenvalue weighted by Crippen LogP contribution is -2.09. The molecule has 0 aliphatic carbocycles. The van der Waals surface area contributed by atoms with Crippen LogP contribution in [0.4, 0.5) is 0 Å². The molecule has 0 spiro atoms. The highest BCUT2D eigenvalue weighted by molar-refractivity contribution is 6.36. The van der Waals surface area contributed by atoms with E-state index in [0.29, 0.717) is 21.2 Å². The molecule has 1 heterocycles. The third-order valence-electron chi connectivity index (χ3n) is 4.74. The summed E-state index contributed by atoms with van der Waals surface area (Å²) in [5.74, 6) is -1.27. The average molecular weight is 424 g/mol. The summed E-state index contributed by atoms with van der Waals surface area (Å²) in [6.07, 6.45) is -0.242. The van der Waals surface area contributed by atoms with E-state index in [1.807, 2.05) is 30.3 Å². The van der Waals surface area contributed by atoms with Gasteiger partial charge >= 0.3 is 5.97 Å². The van der Waals surface area contributed by atoms with Gasteiger partial charge in [0.25, 0.3) is 0 Å². The number of rotatable bonds is 5. The Hall–Kier alpha value is -3.08. The number of para-hydroxylation sites is 1. The lowest BCUT2D eigenvalue weighted by atomic mass is 9.97. The smallest absolute Gasteiger partial charge is 0.307 e. The number of carbonyl (C=O) groups excluding carboxylic acids is 1. The Morgan fingerprint density at radius 3 is 2.48 bits per heavy atom. The molecule has 0 unspecified atom stereocenters. The fourth-order valence-corrected chi connectivity index (χ4v) is 3.94. The molecular weight excluding hydrogens is 409 g/mol.